The number of aromatic nitrogens is 2. The number of nitrogens with one attached hydrogen (secondary N) is 1. The number of H-pyrrole nitrogens is 1. The van der Waals surface area contributed by atoms with Crippen LogP contribution in [0, 0.1) is 11.3 Å². The lowest BCUT2D eigenvalue weighted by Gasteiger charge is -2.34. The largest absolute Gasteiger partial charge is 0.417 e. The standard InChI is InChI=1S/C17H15N5O4S/c18-11-12-2-1-5-19-16(12)21-6-8-22(9-7-21)27(24,25)13-3-4-14-15(10-13)26-17(23)20-14/h1-5,10H,6-9H2,(H,20,23). The van der Waals surface area contributed by atoms with Crippen LogP contribution in [0.3, 0.4) is 0 Å². The highest BCUT2D eigenvalue weighted by Gasteiger charge is 2.30. The number of nitriles is 1. The molecule has 1 N–H and O–H groups in total. The summed E-state index contributed by atoms with van der Waals surface area (Å²) in [5.41, 5.74) is 1.11. The van der Waals surface area contributed by atoms with Gasteiger partial charge in [0.05, 0.1) is 16.0 Å². The molecule has 9 nitrogen and oxygen atoms in total. The van der Waals surface area contributed by atoms with Gasteiger partial charge in [-0.25, -0.2) is 18.2 Å². The van der Waals surface area contributed by atoms with Crippen LogP contribution in [-0.4, -0.2) is 48.9 Å². The number of piperazine rings is 1. The number of hydrogen-bond donors (Lipinski definition) is 1. The minimum atomic E-state index is -3.72. The van der Waals surface area contributed by atoms with Gasteiger partial charge in [0, 0.05) is 38.4 Å². The molecule has 0 radical (unpaired) electrons. The minimum absolute atomic E-state index is 0.0711. The van der Waals surface area contributed by atoms with Crippen LogP contribution >= 0.6 is 0 Å². The lowest BCUT2D eigenvalue weighted by Crippen LogP contribution is -2.49. The molecule has 1 saturated heterocycles. The van der Waals surface area contributed by atoms with E-state index in [9.17, 15) is 18.5 Å². The van der Waals surface area contributed by atoms with Crippen LogP contribution in [0.15, 0.2) is 50.6 Å². The van der Waals surface area contributed by atoms with E-state index >= 15 is 0 Å². The zero-order valence-corrected chi connectivity index (χ0v) is 14.9. The summed E-state index contributed by atoms with van der Waals surface area (Å²) < 4.78 is 32.2. The van der Waals surface area contributed by atoms with Gasteiger partial charge in [0.15, 0.2) is 5.58 Å². The Bertz CT molecular complexity index is 1200. The van der Waals surface area contributed by atoms with Crippen molar-refractivity contribution in [3.63, 3.8) is 0 Å². The lowest BCUT2D eigenvalue weighted by molar-refractivity contribution is 0.383. The van der Waals surface area contributed by atoms with E-state index in [1.807, 2.05) is 4.90 Å². The molecule has 3 heterocycles. The smallest absolute Gasteiger partial charge is 0.408 e. The highest BCUT2D eigenvalue weighted by Crippen LogP contribution is 2.23. The molecule has 0 amide bonds. The van der Waals surface area contributed by atoms with Crippen LogP contribution in [0.4, 0.5) is 5.82 Å². The molecule has 2 aromatic heterocycles. The molecule has 1 aromatic carbocycles. The van der Waals surface area contributed by atoms with Crippen LogP contribution < -0.4 is 10.7 Å². The van der Waals surface area contributed by atoms with Crippen molar-refractivity contribution in [1.29, 1.82) is 5.26 Å². The van der Waals surface area contributed by atoms with Gasteiger partial charge < -0.3 is 9.32 Å². The predicted molar refractivity (Wildman–Crippen MR) is 96.8 cm³/mol. The van der Waals surface area contributed by atoms with E-state index in [-0.39, 0.29) is 23.6 Å². The van der Waals surface area contributed by atoms with Crippen molar-refractivity contribution in [2.45, 2.75) is 4.90 Å². The van der Waals surface area contributed by atoms with E-state index in [0.29, 0.717) is 30.0 Å². The molecule has 0 atom stereocenters. The lowest BCUT2D eigenvalue weighted by atomic mass is 10.2. The summed E-state index contributed by atoms with van der Waals surface area (Å²) in [5.74, 6) is -0.0654. The number of aromatic amines is 1. The highest BCUT2D eigenvalue weighted by atomic mass is 32.2. The Morgan fingerprint density at radius 3 is 2.70 bits per heavy atom. The van der Waals surface area contributed by atoms with Crippen LogP contribution in [0.5, 0.6) is 0 Å². The predicted octanol–water partition coefficient (Wildman–Crippen LogP) is 0.899. The third-order valence-electron chi connectivity index (χ3n) is 4.48. The van der Waals surface area contributed by atoms with Crippen molar-refractivity contribution >= 4 is 26.9 Å². The van der Waals surface area contributed by atoms with Crippen molar-refractivity contribution in [2.24, 2.45) is 0 Å². The zero-order chi connectivity index (χ0) is 19.0. The number of nitrogens with zero attached hydrogens (tertiary/aromatic N) is 4. The maximum absolute atomic E-state index is 12.9. The van der Waals surface area contributed by atoms with Crippen LogP contribution in [0.1, 0.15) is 5.56 Å². The number of sulfonamides is 1. The van der Waals surface area contributed by atoms with Gasteiger partial charge >= 0.3 is 5.76 Å². The summed E-state index contributed by atoms with van der Waals surface area (Å²) in [4.78, 5) is 20.0. The minimum Gasteiger partial charge on any atom is -0.408 e. The van der Waals surface area contributed by atoms with Crippen molar-refractivity contribution in [3.05, 3.63) is 52.6 Å². The topological polar surface area (TPSA) is 123 Å². The first-order valence-corrected chi connectivity index (χ1v) is 9.66. The molecular weight excluding hydrogens is 370 g/mol. The fourth-order valence-electron chi connectivity index (χ4n) is 3.11. The average Bonchev–Trinajstić information content (AvgIpc) is 3.07. The van der Waals surface area contributed by atoms with Crippen LogP contribution in [0.25, 0.3) is 11.1 Å². The van der Waals surface area contributed by atoms with Crippen LogP contribution in [-0.2, 0) is 10.0 Å². The maximum Gasteiger partial charge on any atom is 0.417 e. The van der Waals surface area contributed by atoms with Gasteiger partial charge in [0.2, 0.25) is 10.0 Å². The van der Waals surface area contributed by atoms with E-state index < -0.39 is 15.8 Å². The third-order valence-corrected chi connectivity index (χ3v) is 6.37. The number of fused-ring (bicyclic) bond motifs is 1. The fraction of sp³-hybridized carbons (Fsp3) is 0.235. The number of anilines is 1. The fourth-order valence-corrected chi connectivity index (χ4v) is 4.55. The van der Waals surface area contributed by atoms with Gasteiger partial charge in [-0.1, -0.05) is 0 Å². The molecule has 10 heteroatoms. The van der Waals surface area contributed by atoms with Crippen molar-refractivity contribution in [1.82, 2.24) is 14.3 Å². The van der Waals surface area contributed by atoms with Gasteiger partial charge in [-0.05, 0) is 24.3 Å². The van der Waals surface area contributed by atoms with E-state index in [1.54, 1.807) is 18.3 Å². The second-order valence-electron chi connectivity index (χ2n) is 6.05. The van der Waals surface area contributed by atoms with E-state index in [2.05, 4.69) is 16.0 Å². The van der Waals surface area contributed by atoms with Gasteiger partial charge in [0.1, 0.15) is 11.9 Å². The van der Waals surface area contributed by atoms with Crippen molar-refractivity contribution in [3.8, 4) is 6.07 Å². The second kappa shape index (κ2) is 6.53. The summed E-state index contributed by atoms with van der Waals surface area (Å²) in [6, 6.07) is 9.79. The molecule has 0 unspecified atom stereocenters. The number of oxazole rings is 1. The maximum atomic E-state index is 12.9. The summed E-state index contributed by atoms with van der Waals surface area (Å²) in [7, 11) is -3.72. The Morgan fingerprint density at radius 1 is 1.19 bits per heavy atom. The Kier molecular flexibility index (Phi) is 4.18. The normalized spacial score (nSPS) is 15.7. The molecule has 0 bridgehead atoms. The van der Waals surface area contributed by atoms with Gasteiger partial charge in [0.25, 0.3) is 0 Å². The molecule has 0 saturated carbocycles. The molecule has 0 spiro atoms. The monoisotopic (exact) mass is 385 g/mol. The van der Waals surface area contributed by atoms with Crippen LogP contribution in [0.2, 0.25) is 0 Å². The quantitative estimate of drug-likeness (QED) is 0.710. The summed E-state index contributed by atoms with van der Waals surface area (Å²) in [6.07, 6.45) is 1.61. The van der Waals surface area contributed by atoms with Gasteiger partial charge in [-0.3, -0.25) is 4.98 Å². The molecule has 4 rings (SSSR count). The number of hydrogen-bond acceptors (Lipinski definition) is 7. The van der Waals surface area contributed by atoms with Crippen molar-refractivity contribution < 1.29 is 12.8 Å². The molecule has 27 heavy (non-hydrogen) atoms. The van der Waals surface area contributed by atoms with E-state index in [1.165, 1.54) is 22.5 Å². The molecule has 138 valence electrons. The SMILES string of the molecule is N#Cc1cccnc1N1CCN(S(=O)(=O)c2ccc3[nH]c(=O)oc3c2)CC1. The van der Waals surface area contributed by atoms with E-state index in [4.69, 9.17) is 4.42 Å². The van der Waals surface area contributed by atoms with Gasteiger partial charge in [-0.15, -0.1) is 0 Å². The number of pyridine rings is 1. The third kappa shape index (κ3) is 3.07. The molecule has 1 aliphatic rings. The summed E-state index contributed by atoms with van der Waals surface area (Å²) in [6.45, 7) is 1.37. The van der Waals surface area contributed by atoms with E-state index in [0.717, 1.165) is 0 Å². The Balaban J connectivity index is 1.56. The average molecular weight is 385 g/mol. The molecule has 0 aliphatic carbocycles. The zero-order valence-electron chi connectivity index (χ0n) is 14.1. The Labute approximate surface area is 154 Å². The van der Waals surface area contributed by atoms with Gasteiger partial charge in [-0.2, -0.15) is 9.57 Å². The molecular formula is C17H15N5O4S. The summed E-state index contributed by atoms with van der Waals surface area (Å²) in [5, 5.41) is 9.21. The number of benzene rings is 1. The molecule has 1 fully saturated rings. The second-order valence-corrected chi connectivity index (χ2v) is 7.99. The Morgan fingerprint density at radius 2 is 1.96 bits per heavy atom. The molecule has 1 aliphatic heterocycles. The number of rotatable bonds is 3. The molecule has 3 aromatic rings. The Hall–Kier alpha value is -3.16. The highest BCUT2D eigenvalue weighted by molar-refractivity contribution is 7.89. The first kappa shape index (κ1) is 17.3. The first-order valence-electron chi connectivity index (χ1n) is 8.22. The first-order chi connectivity index (χ1) is 13.0. The summed E-state index contributed by atoms with van der Waals surface area (Å²) >= 11 is 0. The van der Waals surface area contributed by atoms with Crippen molar-refractivity contribution in [2.75, 3.05) is 31.1 Å².